The summed E-state index contributed by atoms with van der Waals surface area (Å²) in [4.78, 5) is 27.3. The first-order valence-electron chi connectivity index (χ1n) is 12.1. The number of imidazole rings is 1. The third-order valence-electron chi connectivity index (χ3n) is 6.77. The summed E-state index contributed by atoms with van der Waals surface area (Å²) in [5.41, 5.74) is 3.20. The van der Waals surface area contributed by atoms with Crippen molar-refractivity contribution >= 4 is 28.9 Å². The molecule has 1 aliphatic rings. The minimum Gasteiger partial charge on any atom is -0.479 e. The average Bonchev–Trinajstić information content (AvgIpc) is 3.23. The molecule has 1 aliphatic heterocycles. The number of carbonyl (C=O) groups excluding carboxylic acids is 1. The molecule has 10 heteroatoms. The smallest absolute Gasteiger partial charge is 0.242 e. The lowest BCUT2D eigenvalue weighted by molar-refractivity contribution is 0.111. The van der Waals surface area contributed by atoms with E-state index >= 15 is 0 Å². The first-order valence-corrected chi connectivity index (χ1v) is 12.4. The number of hydrogen-bond donors (Lipinski definition) is 0. The molecule has 0 bridgehead atoms. The molecule has 4 heterocycles. The van der Waals surface area contributed by atoms with Crippen molar-refractivity contribution < 1.29 is 18.7 Å². The third-order valence-corrected chi connectivity index (χ3v) is 7.01. The van der Waals surface area contributed by atoms with E-state index in [4.69, 9.17) is 31.0 Å². The lowest BCUT2D eigenvalue weighted by Gasteiger charge is -2.31. The normalized spacial score (nSPS) is 14.7. The van der Waals surface area contributed by atoms with Gasteiger partial charge in [0.05, 0.1) is 19.2 Å². The molecule has 0 atom stereocenters. The summed E-state index contributed by atoms with van der Waals surface area (Å²) in [6, 6.07) is 12.0. The summed E-state index contributed by atoms with van der Waals surface area (Å²) >= 11 is 5.83. The van der Waals surface area contributed by atoms with Gasteiger partial charge in [-0.25, -0.2) is 19.3 Å². The fourth-order valence-electron chi connectivity index (χ4n) is 4.68. The van der Waals surface area contributed by atoms with Gasteiger partial charge in [-0.3, -0.25) is 9.69 Å². The molecule has 8 nitrogen and oxygen atoms in total. The van der Waals surface area contributed by atoms with Gasteiger partial charge in [0, 0.05) is 35.3 Å². The van der Waals surface area contributed by atoms with Crippen LogP contribution in [-0.4, -0.2) is 50.9 Å². The number of rotatable bonds is 8. The van der Waals surface area contributed by atoms with Crippen molar-refractivity contribution in [3.63, 3.8) is 0 Å². The number of likely N-dealkylation sites (tertiary alicyclic amines) is 1. The summed E-state index contributed by atoms with van der Waals surface area (Å²) in [7, 11) is 3.47. The van der Waals surface area contributed by atoms with E-state index in [1.807, 2.05) is 23.7 Å². The Morgan fingerprint density at radius 3 is 2.68 bits per heavy atom. The predicted molar refractivity (Wildman–Crippen MR) is 138 cm³/mol. The highest BCUT2D eigenvalue weighted by Crippen LogP contribution is 2.30. The Morgan fingerprint density at radius 2 is 1.95 bits per heavy atom. The fraction of sp³-hybridized carbons (Fsp3) is 0.333. The number of hydrogen-bond acceptors (Lipinski definition) is 7. The van der Waals surface area contributed by atoms with Gasteiger partial charge >= 0.3 is 0 Å². The molecule has 0 N–H and O–H groups in total. The molecule has 0 amide bonds. The van der Waals surface area contributed by atoms with Crippen LogP contribution in [0.1, 0.15) is 46.3 Å². The molecule has 1 saturated heterocycles. The SMILES string of the molecule is COc1nc(C=O)cc2c1nc(CN1CCC(c3cccc(OCc4ccc(Cl)cc4F)n3)CC1)n2C. The number of aryl methyl sites for hydroxylation is 1. The van der Waals surface area contributed by atoms with E-state index in [-0.39, 0.29) is 6.61 Å². The number of pyridine rings is 2. The zero-order valence-corrected chi connectivity index (χ0v) is 21.4. The Kier molecular flexibility index (Phi) is 7.34. The average molecular weight is 524 g/mol. The summed E-state index contributed by atoms with van der Waals surface area (Å²) in [6.45, 7) is 2.56. The number of ether oxygens (including phenoxy) is 2. The molecular formula is C27H27ClFN5O3. The minimum atomic E-state index is -0.393. The van der Waals surface area contributed by atoms with E-state index in [0.717, 1.165) is 43.0 Å². The Bertz CT molecular complexity index is 1440. The maximum atomic E-state index is 14.1. The van der Waals surface area contributed by atoms with Gasteiger partial charge < -0.3 is 14.0 Å². The lowest BCUT2D eigenvalue weighted by Crippen LogP contribution is -2.33. The van der Waals surface area contributed by atoms with E-state index in [2.05, 4.69) is 9.88 Å². The van der Waals surface area contributed by atoms with Gasteiger partial charge in [-0.1, -0.05) is 23.7 Å². The van der Waals surface area contributed by atoms with E-state index in [9.17, 15) is 9.18 Å². The van der Waals surface area contributed by atoms with Crippen LogP contribution in [0, 0.1) is 5.82 Å². The lowest BCUT2D eigenvalue weighted by atomic mass is 9.93. The van der Waals surface area contributed by atoms with Gasteiger partial charge in [-0.15, -0.1) is 0 Å². The van der Waals surface area contributed by atoms with Crippen LogP contribution in [0.5, 0.6) is 11.8 Å². The van der Waals surface area contributed by atoms with Gasteiger partial charge in [0.2, 0.25) is 11.8 Å². The number of halogens is 2. The molecule has 0 unspecified atom stereocenters. The van der Waals surface area contributed by atoms with Crippen molar-refractivity contribution in [3.8, 4) is 11.8 Å². The number of aldehydes is 1. The van der Waals surface area contributed by atoms with E-state index in [0.29, 0.717) is 52.3 Å². The van der Waals surface area contributed by atoms with Crippen molar-refractivity contribution in [2.24, 2.45) is 7.05 Å². The quantitative estimate of drug-likeness (QED) is 0.303. The van der Waals surface area contributed by atoms with Gasteiger partial charge in [0.15, 0.2) is 11.8 Å². The first-order chi connectivity index (χ1) is 17.9. The number of fused-ring (bicyclic) bond motifs is 1. The number of benzene rings is 1. The molecule has 4 aromatic rings. The Morgan fingerprint density at radius 1 is 1.14 bits per heavy atom. The van der Waals surface area contributed by atoms with Crippen LogP contribution in [0.25, 0.3) is 11.0 Å². The van der Waals surface area contributed by atoms with Crippen molar-refractivity contribution in [2.75, 3.05) is 20.2 Å². The van der Waals surface area contributed by atoms with Gasteiger partial charge in [0.1, 0.15) is 23.9 Å². The van der Waals surface area contributed by atoms with Gasteiger partial charge in [-0.2, -0.15) is 0 Å². The highest BCUT2D eigenvalue weighted by molar-refractivity contribution is 6.30. The standard InChI is InChI=1S/C27H27ClFN5O3/c1-33-23-13-20(15-35)30-27(36-2)26(23)32-24(33)14-34-10-8-17(9-11-34)22-4-3-5-25(31-22)37-16-18-6-7-19(28)12-21(18)29/h3-7,12-13,15,17H,8-11,14,16H2,1-2H3. The molecule has 5 rings (SSSR count). The van der Waals surface area contributed by atoms with E-state index < -0.39 is 5.82 Å². The second kappa shape index (κ2) is 10.8. The van der Waals surface area contributed by atoms with Gasteiger partial charge in [0.25, 0.3) is 0 Å². The van der Waals surface area contributed by atoms with Crippen LogP contribution in [-0.2, 0) is 20.2 Å². The number of piperidine rings is 1. The Hall–Kier alpha value is -3.56. The topological polar surface area (TPSA) is 82.4 Å². The predicted octanol–water partition coefficient (Wildman–Crippen LogP) is 4.94. The zero-order chi connectivity index (χ0) is 25.9. The van der Waals surface area contributed by atoms with Crippen LogP contribution in [0.3, 0.4) is 0 Å². The summed E-state index contributed by atoms with van der Waals surface area (Å²) < 4.78 is 27.2. The van der Waals surface area contributed by atoms with Crippen molar-refractivity contribution in [3.05, 3.63) is 76.1 Å². The maximum Gasteiger partial charge on any atom is 0.242 e. The molecule has 0 radical (unpaired) electrons. The number of methoxy groups -OCH3 is 1. The maximum absolute atomic E-state index is 14.1. The molecule has 3 aromatic heterocycles. The molecule has 192 valence electrons. The number of nitrogens with zero attached hydrogens (tertiary/aromatic N) is 5. The summed E-state index contributed by atoms with van der Waals surface area (Å²) in [5.74, 6) is 1.64. The van der Waals surface area contributed by atoms with Gasteiger partial charge in [-0.05, 0) is 50.2 Å². The zero-order valence-electron chi connectivity index (χ0n) is 20.7. The number of aromatic nitrogens is 4. The van der Waals surface area contributed by atoms with Crippen LogP contribution in [0.2, 0.25) is 5.02 Å². The highest BCUT2D eigenvalue weighted by atomic mass is 35.5. The second-order valence-corrected chi connectivity index (χ2v) is 9.54. The monoisotopic (exact) mass is 523 g/mol. The molecule has 0 saturated carbocycles. The fourth-order valence-corrected chi connectivity index (χ4v) is 4.84. The molecule has 37 heavy (non-hydrogen) atoms. The second-order valence-electron chi connectivity index (χ2n) is 9.10. The number of carbonyl (C=O) groups is 1. The minimum absolute atomic E-state index is 0.0879. The Labute approximate surface area is 219 Å². The largest absolute Gasteiger partial charge is 0.479 e. The van der Waals surface area contributed by atoms with Crippen molar-refractivity contribution in [1.29, 1.82) is 0 Å². The van der Waals surface area contributed by atoms with Crippen LogP contribution < -0.4 is 9.47 Å². The van der Waals surface area contributed by atoms with Crippen molar-refractivity contribution in [2.45, 2.75) is 31.9 Å². The van der Waals surface area contributed by atoms with Crippen LogP contribution in [0.4, 0.5) is 4.39 Å². The highest BCUT2D eigenvalue weighted by Gasteiger charge is 2.24. The molecule has 1 fully saturated rings. The van der Waals surface area contributed by atoms with Crippen LogP contribution >= 0.6 is 11.6 Å². The molecule has 0 spiro atoms. The molecular weight excluding hydrogens is 497 g/mol. The first kappa shape index (κ1) is 25.1. The van der Waals surface area contributed by atoms with Crippen LogP contribution in [0.15, 0.2) is 42.5 Å². The van der Waals surface area contributed by atoms with E-state index in [1.165, 1.54) is 13.2 Å². The summed E-state index contributed by atoms with van der Waals surface area (Å²) in [6.07, 6.45) is 2.61. The third kappa shape index (κ3) is 5.42. The summed E-state index contributed by atoms with van der Waals surface area (Å²) in [5, 5.41) is 0.354. The Balaban J connectivity index is 1.22. The molecule has 1 aromatic carbocycles. The van der Waals surface area contributed by atoms with Crippen molar-refractivity contribution in [1.82, 2.24) is 24.4 Å². The van der Waals surface area contributed by atoms with E-state index in [1.54, 1.807) is 24.3 Å². The molecule has 0 aliphatic carbocycles.